The topological polar surface area (TPSA) is 80.7 Å². The minimum atomic E-state index is 0.0195. The van der Waals surface area contributed by atoms with Gasteiger partial charge in [-0.1, -0.05) is 18.2 Å². The fraction of sp³-hybridized carbons (Fsp3) is 0.360. The smallest absolute Gasteiger partial charge is 0.254 e. The van der Waals surface area contributed by atoms with E-state index >= 15 is 0 Å². The van der Waals surface area contributed by atoms with Gasteiger partial charge in [0.15, 0.2) is 0 Å². The molecule has 4 heterocycles. The van der Waals surface area contributed by atoms with E-state index in [1.54, 1.807) is 24.7 Å². The summed E-state index contributed by atoms with van der Waals surface area (Å²) in [5.74, 6) is 2.13. The van der Waals surface area contributed by atoms with Crippen molar-refractivity contribution in [3.63, 3.8) is 0 Å². The SMILES string of the molecule is O=C(c1ccnc(N2CCOCC2)c1)N1CCC[C@H](c2nccnc2Oc2ccccc2)C1. The fourth-order valence-electron chi connectivity index (χ4n) is 4.38. The number of pyridine rings is 1. The molecule has 0 radical (unpaired) electrons. The molecule has 2 fully saturated rings. The van der Waals surface area contributed by atoms with E-state index in [9.17, 15) is 4.79 Å². The zero-order valence-corrected chi connectivity index (χ0v) is 18.5. The summed E-state index contributed by atoms with van der Waals surface area (Å²) in [4.78, 5) is 30.9. The van der Waals surface area contributed by atoms with Gasteiger partial charge in [-0.2, -0.15) is 0 Å². The number of amides is 1. The number of aromatic nitrogens is 3. The van der Waals surface area contributed by atoms with E-state index in [0.717, 1.165) is 49.7 Å². The van der Waals surface area contributed by atoms with Gasteiger partial charge in [0.25, 0.3) is 5.91 Å². The van der Waals surface area contributed by atoms with E-state index < -0.39 is 0 Å². The van der Waals surface area contributed by atoms with E-state index in [4.69, 9.17) is 9.47 Å². The van der Waals surface area contributed by atoms with E-state index in [2.05, 4.69) is 19.9 Å². The van der Waals surface area contributed by atoms with Crippen LogP contribution in [-0.2, 0) is 4.74 Å². The lowest BCUT2D eigenvalue weighted by molar-refractivity contribution is 0.0704. The predicted molar refractivity (Wildman–Crippen MR) is 124 cm³/mol. The third-order valence-electron chi connectivity index (χ3n) is 6.07. The van der Waals surface area contributed by atoms with Crippen molar-refractivity contribution in [3.05, 3.63) is 72.3 Å². The van der Waals surface area contributed by atoms with Crippen molar-refractivity contribution in [2.75, 3.05) is 44.3 Å². The molecule has 3 aromatic rings. The lowest BCUT2D eigenvalue weighted by Gasteiger charge is -2.33. The second-order valence-corrected chi connectivity index (χ2v) is 8.25. The number of hydrogen-bond donors (Lipinski definition) is 0. The Morgan fingerprint density at radius 1 is 0.970 bits per heavy atom. The first kappa shape index (κ1) is 21.3. The molecule has 5 rings (SSSR count). The molecule has 33 heavy (non-hydrogen) atoms. The van der Waals surface area contributed by atoms with Crippen LogP contribution >= 0.6 is 0 Å². The maximum absolute atomic E-state index is 13.4. The molecule has 0 bridgehead atoms. The molecule has 2 aliphatic rings. The molecule has 2 aromatic heterocycles. The van der Waals surface area contributed by atoms with Gasteiger partial charge < -0.3 is 19.3 Å². The number of morpholine rings is 1. The minimum Gasteiger partial charge on any atom is -0.437 e. The highest BCUT2D eigenvalue weighted by molar-refractivity contribution is 5.95. The number of nitrogens with zero attached hydrogens (tertiary/aromatic N) is 5. The summed E-state index contributed by atoms with van der Waals surface area (Å²) in [7, 11) is 0. The van der Waals surface area contributed by atoms with Crippen LogP contribution in [0.25, 0.3) is 0 Å². The van der Waals surface area contributed by atoms with Crippen LogP contribution < -0.4 is 9.64 Å². The lowest BCUT2D eigenvalue weighted by atomic mass is 9.94. The van der Waals surface area contributed by atoms with Crippen molar-refractivity contribution in [2.24, 2.45) is 0 Å². The van der Waals surface area contributed by atoms with Crippen LogP contribution in [0.3, 0.4) is 0 Å². The Kier molecular flexibility index (Phi) is 6.44. The molecule has 0 N–H and O–H groups in total. The largest absolute Gasteiger partial charge is 0.437 e. The van der Waals surface area contributed by atoms with Gasteiger partial charge in [0.1, 0.15) is 17.3 Å². The third kappa shape index (κ3) is 4.96. The molecule has 170 valence electrons. The average Bonchev–Trinajstić information content (AvgIpc) is 2.90. The molecular weight excluding hydrogens is 418 g/mol. The number of ether oxygens (including phenoxy) is 2. The van der Waals surface area contributed by atoms with Crippen molar-refractivity contribution in [2.45, 2.75) is 18.8 Å². The first-order valence-electron chi connectivity index (χ1n) is 11.4. The summed E-state index contributed by atoms with van der Waals surface area (Å²) in [6, 6.07) is 13.3. The van der Waals surface area contributed by atoms with Crippen LogP contribution in [0.2, 0.25) is 0 Å². The Balaban J connectivity index is 1.32. The van der Waals surface area contributed by atoms with Gasteiger partial charge in [-0.3, -0.25) is 9.78 Å². The van der Waals surface area contributed by atoms with Gasteiger partial charge in [0.05, 0.1) is 13.2 Å². The van der Waals surface area contributed by atoms with Crippen LogP contribution in [-0.4, -0.2) is 65.2 Å². The number of carbonyl (C=O) groups excluding carboxylic acids is 1. The van der Waals surface area contributed by atoms with E-state index in [-0.39, 0.29) is 11.8 Å². The summed E-state index contributed by atoms with van der Waals surface area (Å²) < 4.78 is 11.5. The molecule has 2 aliphatic heterocycles. The first-order chi connectivity index (χ1) is 16.3. The summed E-state index contributed by atoms with van der Waals surface area (Å²) in [6.45, 7) is 4.23. The van der Waals surface area contributed by atoms with Crippen LogP contribution in [0.1, 0.15) is 34.8 Å². The number of piperidine rings is 1. The van der Waals surface area contributed by atoms with Crippen molar-refractivity contribution >= 4 is 11.7 Å². The summed E-state index contributed by atoms with van der Waals surface area (Å²) in [5.41, 5.74) is 1.45. The second-order valence-electron chi connectivity index (χ2n) is 8.25. The van der Waals surface area contributed by atoms with Gasteiger partial charge in [-0.25, -0.2) is 9.97 Å². The summed E-state index contributed by atoms with van der Waals surface area (Å²) >= 11 is 0. The normalized spacial score (nSPS) is 18.7. The van der Waals surface area contributed by atoms with Gasteiger partial charge >= 0.3 is 0 Å². The number of anilines is 1. The number of benzene rings is 1. The Morgan fingerprint density at radius 2 is 1.79 bits per heavy atom. The number of likely N-dealkylation sites (tertiary alicyclic amines) is 1. The molecule has 0 saturated carbocycles. The highest BCUT2D eigenvalue weighted by Gasteiger charge is 2.29. The molecule has 1 aromatic carbocycles. The number of hydrogen-bond acceptors (Lipinski definition) is 7. The molecule has 8 nitrogen and oxygen atoms in total. The number of carbonyl (C=O) groups is 1. The van der Waals surface area contributed by atoms with Crippen molar-refractivity contribution in [1.29, 1.82) is 0 Å². The molecule has 8 heteroatoms. The zero-order valence-electron chi connectivity index (χ0n) is 18.5. The van der Waals surface area contributed by atoms with Crippen molar-refractivity contribution in [1.82, 2.24) is 19.9 Å². The minimum absolute atomic E-state index is 0.0195. The number of para-hydroxylation sites is 1. The van der Waals surface area contributed by atoms with Gasteiger partial charge in [0.2, 0.25) is 5.88 Å². The Morgan fingerprint density at radius 3 is 2.64 bits per heavy atom. The maximum Gasteiger partial charge on any atom is 0.254 e. The Hall–Kier alpha value is -3.52. The zero-order chi connectivity index (χ0) is 22.5. The van der Waals surface area contributed by atoms with Crippen LogP contribution in [0.15, 0.2) is 61.1 Å². The molecule has 1 amide bonds. The Labute approximate surface area is 193 Å². The van der Waals surface area contributed by atoms with E-state index in [1.807, 2.05) is 41.3 Å². The van der Waals surface area contributed by atoms with Gasteiger partial charge in [-0.05, 0) is 37.1 Å². The van der Waals surface area contributed by atoms with Crippen LogP contribution in [0, 0.1) is 0 Å². The first-order valence-corrected chi connectivity index (χ1v) is 11.4. The maximum atomic E-state index is 13.4. The van der Waals surface area contributed by atoms with Crippen molar-refractivity contribution < 1.29 is 14.3 Å². The Bertz CT molecular complexity index is 1090. The highest BCUT2D eigenvalue weighted by Crippen LogP contribution is 2.33. The quantitative estimate of drug-likeness (QED) is 0.594. The molecule has 1 atom stereocenters. The van der Waals surface area contributed by atoms with Crippen LogP contribution in [0.4, 0.5) is 5.82 Å². The summed E-state index contributed by atoms with van der Waals surface area (Å²) in [6.07, 6.45) is 6.87. The van der Waals surface area contributed by atoms with E-state index in [0.29, 0.717) is 31.2 Å². The van der Waals surface area contributed by atoms with Crippen LogP contribution in [0.5, 0.6) is 11.6 Å². The second kappa shape index (κ2) is 9.95. The van der Waals surface area contributed by atoms with Crippen molar-refractivity contribution in [3.8, 4) is 11.6 Å². The van der Waals surface area contributed by atoms with Gasteiger partial charge in [0, 0.05) is 56.3 Å². The van der Waals surface area contributed by atoms with E-state index in [1.165, 1.54) is 0 Å². The lowest BCUT2D eigenvalue weighted by Crippen LogP contribution is -2.40. The molecular formula is C25H27N5O3. The monoisotopic (exact) mass is 445 g/mol. The standard InChI is InChI=1S/C25H27N5O3/c31-25(19-8-9-26-22(17-19)29-13-15-32-16-14-29)30-12-4-5-20(18-30)23-24(28-11-10-27-23)33-21-6-2-1-3-7-21/h1-3,6-11,17,20H,4-5,12-16,18H2/t20-/m0/s1. The fourth-order valence-corrected chi connectivity index (χ4v) is 4.38. The molecule has 2 saturated heterocycles. The molecule has 0 unspecified atom stereocenters. The summed E-state index contributed by atoms with van der Waals surface area (Å²) in [5, 5.41) is 0. The average molecular weight is 446 g/mol. The third-order valence-corrected chi connectivity index (χ3v) is 6.07. The predicted octanol–water partition coefficient (Wildman–Crippen LogP) is 3.52. The highest BCUT2D eigenvalue weighted by atomic mass is 16.5. The molecule has 0 spiro atoms. The molecule has 0 aliphatic carbocycles. The number of rotatable bonds is 5. The van der Waals surface area contributed by atoms with Gasteiger partial charge in [-0.15, -0.1) is 0 Å².